The number of amides is 1. The van der Waals surface area contributed by atoms with E-state index < -0.39 is 52.1 Å². The summed E-state index contributed by atoms with van der Waals surface area (Å²) in [7, 11) is 0. The summed E-state index contributed by atoms with van der Waals surface area (Å²) in [6, 6.07) is 4.96. The molecule has 1 aromatic heterocycles. The second kappa shape index (κ2) is 9.78. The monoisotopic (exact) mass is 656 g/mol. The minimum Gasteiger partial charge on any atom is -0.416 e. The first-order valence-electron chi connectivity index (χ1n) is 10.2. The fraction of sp³-hybridized carbons (Fsp3) is 0.217. The average Bonchev–Trinajstić information content (AvgIpc) is 3.11. The maximum absolute atomic E-state index is 14.2. The predicted octanol–water partition coefficient (Wildman–Crippen LogP) is 6.98. The lowest BCUT2D eigenvalue weighted by molar-refractivity contribution is 0.0716. The molecular weight excluding hydrogens is 642 g/mol. The van der Waals surface area contributed by atoms with Crippen molar-refractivity contribution in [3.05, 3.63) is 71.9 Å². The number of anilines is 2. The fourth-order valence-electron chi connectivity index (χ4n) is 3.59. The third kappa shape index (κ3) is 4.90. The van der Waals surface area contributed by atoms with Crippen LogP contribution < -0.4 is 15.4 Å². The van der Waals surface area contributed by atoms with Gasteiger partial charge in [-0.2, -0.15) is 8.78 Å². The molecule has 5 nitrogen and oxygen atoms in total. The first-order valence-corrected chi connectivity index (χ1v) is 12.5. The molecule has 0 bridgehead atoms. The number of thiophene rings is 1. The van der Waals surface area contributed by atoms with Gasteiger partial charge in [0.25, 0.3) is 5.91 Å². The molecule has 1 aliphatic heterocycles. The van der Waals surface area contributed by atoms with Crippen LogP contribution in [0.1, 0.15) is 39.4 Å². The van der Waals surface area contributed by atoms with Crippen molar-refractivity contribution in [3.8, 4) is 5.75 Å². The lowest BCUT2D eigenvalue weighted by atomic mass is 9.85. The standard InChI is InChI=1S/C23H15ClF5IN2O3S/c1-23(2)6-9-12(22(34)35-18-16(28)14(26)13(25)15(27)17(18)29)21(36-19(9)20(33)31-7-23)32-11-4-3-8(30)5-10(11)24/h3-5,32H,6-7H2,1-2H3,(H,31,33). The molecule has 2 aromatic carbocycles. The molecule has 4 rings (SSSR count). The van der Waals surface area contributed by atoms with Crippen molar-refractivity contribution < 1.29 is 36.3 Å². The second-order valence-corrected chi connectivity index (χ2v) is 11.3. The summed E-state index contributed by atoms with van der Waals surface area (Å²) >= 11 is 9.19. The van der Waals surface area contributed by atoms with Crippen molar-refractivity contribution in [2.45, 2.75) is 20.3 Å². The number of carbonyl (C=O) groups is 2. The zero-order valence-electron chi connectivity index (χ0n) is 18.4. The van der Waals surface area contributed by atoms with Gasteiger partial charge in [-0.25, -0.2) is 18.0 Å². The third-order valence-corrected chi connectivity index (χ3v) is 7.47. The molecule has 3 aromatic rings. The highest BCUT2D eigenvalue weighted by molar-refractivity contribution is 14.1. The molecular formula is C23H15ClF5IN2O3S. The highest BCUT2D eigenvalue weighted by atomic mass is 127. The highest BCUT2D eigenvalue weighted by Gasteiger charge is 2.37. The fourth-order valence-corrected chi connectivity index (χ4v) is 5.63. The highest BCUT2D eigenvalue weighted by Crippen LogP contribution is 2.42. The van der Waals surface area contributed by atoms with Crippen molar-refractivity contribution in [2.24, 2.45) is 5.41 Å². The molecule has 0 atom stereocenters. The Balaban J connectivity index is 1.86. The summed E-state index contributed by atoms with van der Waals surface area (Å²) in [6.07, 6.45) is 0.168. The summed E-state index contributed by atoms with van der Waals surface area (Å²) in [4.78, 5) is 26.1. The Morgan fingerprint density at radius 3 is 2.33 bits per heavy atom. The molecule has 0 fully saturated rings. The number of benzene rings is 2. The molecule has 1 aliphatic rings. The lowest BCUT2D eigenvalue weighted by Crippen LogP contribution is -2.31. The van der Waals surface area contributed by atoms with E-state index in [1.807, 2.05) is 36.4 Å². The molecule has 190 valence electrons. The van der Waals surface area contributed by atoms with E-state index in [-0.39, 0.29) is 39.0 Å². The maximum atomic E-state index is 14.2. The molecule has 2 N–H and O–H groups in total. The van der Waals surface area contributed by atoms with Gasteiger partial charge in [-0.15, -0.1) is 11.3 Å². The number of ether oxygens (including phenoxy) is 1. The largest absolute Gasteiger partial charge is 0.416 e. The quantitative estimate of drug-likeness (QED) is 0.0795. The van der Waals surface area contributed by atoms with Gasteiger partial charge in [-0.05, 0) is 58.2 Å². The van der Waals surface area contributed by atoms with E-state index in [9.17, 15) is 31.5 Å². The molecule has 0 unspecified atom stereocenters. The Morgan fingerprint density at radius 2 is 1.72 bits per heavy atom. The minimum absolute atomic E-state index is 0.0461. The molecule has 0 saturated heterocycles. The molecule has 0 spiro atoms. The van der Waals surface area contributed by atoms with Gasteiger partial charge in [0.05, 0.1) is 21.2 Å². The lowest BCUT2D eigenvalue weighted by Gasteiger charge is -2.22. The van der Waals surface area contributed by atoms with Crippen LogP contribution in [0.15, 0.2) is 18.2 Å². The zero-order chi connectivity index (χ0) is 26.5. The number of carbonyl (C=O) groups excluding carboxylic acids is 2. The van der Waals surface area contributed by atoms with Gasteiger partial charge in [0, 0.05) is 10.1 Å². The van der Waals surface area contributed by atoms with Gasteiger partial charge in [-0.1, -0.05) is 25.4 Å². The average molecular weight is 657 g/mol. The van der Waals surface area contributed by atoms with Crippen LogP contribution in [0.25, 0.3) is 0 Å². The van der Waals surface area contributed by atoms with Crippen molar-refractivity contribution in [3.63, 3.8) is 0 Å². The van der Waals surface area contributed by atoms with Gasteiger partial charge in [0.1, 0.15) is 5.00 Å². The molecule has 0 radical (unpaired) electrons. The van der Waals surface area contributed by atoms with Crippen molar-refractivity contribution in [1.82, 2.24) is 5.32 Å². The Hall–Kier alpha value is -2.45. The van der Waals surface area contributed by atoms with E-state index in [0.717, 1.165) is 14.9 Å². The SMILES string of the molecule is CC1(C)CNC(=O)c2sc(Nc3ccc(I)cc3Cl)c(C(=O)Oc3c(F)c(F)c(F)c(F)c3F)c2C1. The number of esters is 1. The Labute approximate surface area is 224 Å². The van der Waals surface area contributed by atoms with Gasteiger partial charge in [-0.3, -0.25) is 4.79 Å². The number of nitrogens with one attached hydrogen (secondary N) is 2. The number of rotatable bonds is 4. The first kappa shape index (κ1) is 26.6. The number of hydrogen-bond donors (Lipinski definition) is 2. The van der Waals surface area contributed by atoms with Crippen LogP contribution in [-0.2, 0) is 6.42 Å². The van der Waals surface area contributed by atoms with E-state index in [0.29, 0.717) is 5.69 Å². The van der Waals surface area contributed by atoms with Crippen LogP contribution in [0, 0.1) is 38.1 Å². The van der Waals surface area contributed by atoms with Gasteiger partial charge in [0.15, 0.2) is 0 Å². The molecule has 1 amide bonds. The van der Waals surface area contributed by atoms with Crippen LogP contribution in [0.3, 0.4) is 0 Å². The Morgan fingerprint density at radius 1 is 1.11 bits per heavy atom. The van der Waals surface area contributed by atoms with Gasteiger partial charge in [0.2, 0.25) is 34.8 Å². The van der Waals surface area contributed by atoms with E-state index in [1.165, 1.54) is 0 Å². The first-order chi connectivity index (χ1) is 16.8. The third-order valence-electron chi connectivity index (χ3n) is 5.34. The molecule has 0 aliphatic carbocycles. The number of fused-ring (bicyclic) bond motifs is 1. The molecule has 13 heteroatoms. The smallest absolute Gasteiger partial charge is 0.347 e. The van der Waals surface area contributed by atoms with Crippen LogP contribution >= 0.6 is 45.5 Å². The second-order valence-electron chi connectivity index (χ2n) is 8.68. The van der Waals surface area contributed by atoms with Gasteiger partial charge >= 0.3 is 5.97 Å². The van der Waals surface area contributed by atoms with Crippen molar-refractivity contribution in [2.75, 3.05) is 11.9 Å². The summed E-state index contributed by atoms with van der Waals surface area (Å²) < 4.78 is 74.9. The van der Waals surface area contributed by atoms with E-state index in [2.05, 4.69) is 10.6 Å². The van der Waals surface area contributed by atoms with Crippen LogP contribution in [0.4, 0.5) is 32.6 Å². The Kier molecular flexibility index (Phi) is 7.23. The number of hydrogen-bond acceptors (Lipinski definition) is 5. The predicted molar refractivity (Wildman–Crippen MR) is 133 cm³/mol. The van der Waals surface area contributed by atoms with Crippen LogP contribution in [0.5, 0.6) is 5.75 Å². The van der Waals surface area contributed by atoms with E-state index >= 15 is 0 Å². The van der Waals surface area contributed by atoms with E-state index in [4.69, 9.17) is 16.3 Å². The maximum Gasteiger partial charge on any atom is 0.347 e. The zero-order valence-corrected chi connectivity index (χ0v) is 22.2. The summed E-state index contributed by atoms with van der Waals surface area (Å²) in [5.41, 5.74) is -0.269. The topological polar surface area (TPSA) is 67.4 Å². The van der Waals surface area contributed by atoms with Crippen LogP contribution in [-0.4, -0.2) is 18.4 Å². The summed E-state index contributed by atoms with van der Waals surface area (Å²) in [5, 5.41) is 5.99. The Bertz CT molecular complexity index is 1400. The van der Waals surface area contributed by atoms with Crippen molar-refractivity contribution in [1.29, 1.82) is 0 Å². The molecule has 2 heterocycles. The van der Waals surface area contributed by atoms with Crippen molar-refractivity contribution >= 4 is 68.1 Å². The van der Waals surface area contributed by atoms with Crippen LogP contribution in [0.2, 0.25) is 5.02 Å². The molecule has 36 heavy (non-hydrogen) atoms. The summed E-state index contributed by atoms with van der Waals surface area (Å²) in [5.74, 6) is -15.1. The molecule has 0 saturated carbocycles. The summed E-state index contributed by atoms with van der Waals surface area (Å²) in [6.45, 7) is 3.91. The van der Waals surface area contributed by atoms with E-state index in [1.54, 1.807) is 18.2 Å². The normalized spacial score (nSPS) is 14.6. The van der Waals surface area contributed by atoms with Gasteiger partial charge < -0.3 is 15.4 Å². The minimum atomic E-state index is -2.39. The number of halogens is 7.